The molecule has 17 heavy (non-hydrogen) atoms. The number of rotatable bonds is 4. The van der Waals surface area contributed by atoms with Crippen LogP contribution in [0.3, 0.4) is 0 Å². The molecule has 2 fully saturated rings. The largest absolute Gasteiger partial charge is 0.481 e. The van der Waals surface area contributed by atoms with E-state index in [2.05, 4.69) is 9.80 Å². The molecule has 4 heteroatoms. The minimum absolute atomic E-state index is 0.0961. The van der Waals surface area contributed by atoms with E-state index < -0.39 is 5.97 Å². The molecule has 0 aromatic rings. The van der Waals surface area contributed by atoms with E-state index in [9.17, 15) is 4.79 Å². The highest BCUT2D eigenvalue weighted by Crippen LogP contribution is 2.17. The quantitative estimate of drug-likeness (QED) is 0.803. The molecule has 2 aliphatic heterocycles. The fourth-order valence-corrected chi connectivity index (χ4v) is 2.87. The lowest BCUT2D eigenvalue weighted by Crippen LogP contribution is -2.42. The lowest BCUT2D eigenvalue weighted by molar-refractivity contribution is -0.143. The van der Waals surface area contributed by atoms with Crippen LogP contribution in [0.1, 0.15) is 32.1 Å². The van der Waals surface area contributed by atoms with Crippen molar-refractivity contribution >= 4 is 5.97 Å². The SMILES string of the molecule is O=C(O)C1CCN(CCN2CCCCC2)CC1. The summed E-state index contributed by atoms with van der Waals surface area (Å²) in [5, 5.41) is 8.93. The van der Waals surface area contributed by atoms with Crippen molar-refractivity contribution < 1.29 is 9.90 Å². The van der Waals surface area contributed by atoms with Gasteiger partial charge in [0.15, 0.2) is 0 Å². The zero-order valence-electron chi connectivity index (χ0n) is 10.6. The molecule has 0 radical (unpaired) electrons. The Morgan fingerprint density at radius 2 is 1.47 bits per heavy atom. The molecule has 0 saturated carbocycles. The molecule has 0 atom stereocenters. The molecule has 2 rings (SSSR count). The molecular formula is C13H24N2O2. The zero-order chi connectivity index (χ0) is 12.1. The van der Waals surface area contributed by atoms with Crippen LogP contribution in [-0.4, -0.2) is 60.1 Å². The molecule has 0 unspecified atom stereocenters. The smallest absolute Gasteiger partial charge is 0.306 e. The van der Waals surface area contributed by atoms with Crippen LogP contribution in [0.5, 0.6) is 0 Å². The van der Waals surface area contributed by atoms with Gasteiger partial charge in [-0.3, -0.25) is 4.79 Å². The number of piperidine rings is 2. The van der Waals surface area contributed by atoms with Crippen molar-refractivity contribution in [3.63, 3.8) is 0 Å². The van der Waals surface area contributed by atoms with E-state index in [1.165, 1.54) is 32.4 Å². The van der Waals surface area contributed by atoms with Gasteiger partial charge in [0.2, 0.25) is 0 Å². The van der Waals surface area contributed by atoms with Gasteiger partial charge < -0.3 is 14.9 Å². The number of nitrogens with zero attached hydrogens (tertiary/aromatic N) is 2. The molecule has 0 bridgehead atoms. The Hall–Kier alpha value is -0.610. The number of carboxylic acid groups (broad SMARTS) is 1. The van der Waals surface area contributed by atoms with Gasteiger partial charge in [-0.2, -0.15) is 0 Å². The van der Waals surface area contributed by atoms with Gasteiger partial charge in [-0.15, -0.1) is 0 Å². The Bertz CT molecular complexity index is 244. The van der Waals surface area contributed by atoms with Crippen LogP contribution in [-0.2, 0) is 4.79 Å². The minimum atomic E-state index is -0.610. The van der Waals surface area contributed by atoms with Gasteiger partial charge in [0.1, 0.15) is 0 Å². The number of hydrogen-bond donors (Lipinski definition) is 1. The Balaban J connectivity index is 1.62. The van der Waals surface area contributed by atoms with Crippen molar-refractivity contribution in [2.75, 3.05) is 39.3 Å². The van der Waals surface area contributed by atoms with Gasteiger partial charge in [0, 0.05) is 13.1 Å². The van der Waals surface area contributed by atoms with Gasteiger partial charge in [0.25, 0.3) is 0 Å². The second kappa shape index (κ2) is 6.36. The third-order valence-electron chi connectivity index (χ3n) is 4.12. The van der Waals surface area contributed by atoms with Crippen molar-refractivity contribution in [1.29, 1.82) is 0 Å². The zero-order valence-corrected chi connectivity index (χ0v) is 10.6. The maximum Gasteiger partial charge on any atom is 0.306 e. The average Bonchev–Trinajstić information content (AvgIpc) is 2.38. The van der Waals surface area contributed by atoms with Crippen molar-refractivity contribution in [2.45, 2.75) is 32.1 Å². The van der Waals surface area contributed by atoms with Crippen molar-refractivity contribution in [3.8, 4) is 0 Å². The standard InChI is InChI=1S/C13H24N2O2/c16-13(17)12-4-8-15(9-5-12)11-10-14-6-2-1-3-7-14/h12H,1-11H2,(H,16,17). The van der Waals surface area contributed by atoms with Crippen LogP contribution < -0.4 is 0 Å². The van der Waals surface area contributed by atoms with Crippen LogP contribution in [0.4, 0.5) is 0 Å². The second-order valence-corrected chi connectivity index (χ2v) is 5.36. The van der Waals surface area contributed by atoms with E-state index in [4.69, 9.17) is 5.11 Å². The third-order valence-corrected chi connectivity index (χ3v) is 4.12. The van der Waals surface area contributed by atoms with Crippen LogP contribution >= 0.6 is 0 Å². The summed E-state index contributed by atoms with van der Waals surface area (Å²) in [6.07, 6.45) is 5.74. The lowest BCUT2D eigenvalue weighted by Gasteiger charge is -2.33. The molecule has 2 saturated heterocycles. The van der Waals surface area contributed by atoms with E-state index in [1.54, 1.807) is 0 Å². The highest BCUT2D eigenvalue weighted by molar-refractivity contribution is 5.70. The monoisotopic (exact) mass is 240 g/mol. The molecule has 1 N–H and O–H groups in total. The number of carbonyl (C=O) groups is 1. The van der Waals surface area contributed by atoms with E-state index in [-0.39, 0.29) is 5.92 Å². The van der Waals surface area contributed by atoms with Crippen LogP contribution in [0.15, 0.2) is 0 Å². The molecule has 98 valence electrons. The van der Waals surface area contributed by atoms with Gasteiger partial charge in [-0.1, -0.05) is 6.42 Å². The highest BCUT2D eigenvalue weighted by atomic mass is 16.4. The van der Waals surface area contributed by atoms with Gasteiger partial charge >= 0.3 is 5.97 Å². The Morgan fingerprint density at radius 1 is 0.941 bits per heavy atom. The minimum Gasteiger partial charge on any atom is -0.481 e. The van der Waals surface area contributed by atoms with Crippen LogP contribution in [0.2, 0.25) is 0 Å². The third kappa shape index (κ3) is 3.96. The van der Waals surface area contributed by atoms with Crippen LogP contribution in [0, 0.1) is 5.92 Å². The summed E-state index contributed by atoms with van der Waals surface area (Å²) in [5.41, 5.74) is 0. The maximum absolute atomic E-state index is 10.8. The first-order valence-corrected chi connectivity index (χ1v) is 6.93. The van der Waals surface area contributed by atoms with E-state index in [1.807, 2.05) is 0 Å². The summed E-state index contributed by atoms with van der Waals surface area (Å²) in [7, 11) is 0. The first kappa shape index (κ1) is 12.8. The summed E-state index contributed by atoms with van der Waals surface area (Å²) in [5.74, 6) is -0.707. The van der Waals surface area contributed by atoms with Gasteiger partial charge in [-0.25, -0.2) is 0 Å². The Kier molecular flexibility index (Phi) is 4.80. The molecule has 4 nitrogen and oxygen atoms in total. The van der Waals surface area contributed by atoms with E-state index >= 15 is 0 Å². The van der Waals surface area contributed by atoms with Crippen molar-refractivity contribution in [1.82, 2.24) is 9.80 Å². The first-order valence-electron chi connectivity index (χ1n) is 6.93. The molecule has 2 heterocycles. The summed E-state index contributed by atoms with van der Waals surface area (Å²) in [4.78, 5) is 15.8. The topological polar surface area (TPSA) is 43.8 Å². The number of aliphatic carboxylic acids is 1. The molecule has 0 aromatic heterocycles. The number of hydrogen-bond acceptors (Lipinski definition) is 3. The molecular weight excluding hydrogens is 216 g/mol. The van der Waals surface area contributed by atoms with Gasteiger partial charge in [-0.05, 0) is 51.9 Å². The fourth-order valence-electron chi connectivity index (χ4n) is 2.87. The predicted molar refractivity (Wildman–Crippen MR) is 67.1 cm³/mol. The predicted octanol–water partition coefficient (Wildman–Crippen LogP) is 1.27. The Labute approximate surface area is 104 Å². The molecule has 0 amide bonds. The fraction of sp³-hybridized carbons (Fsp3) is 0.923. The summed E-state index contributed by atoms with van der Waals surface area (Å²) >= 11 is 0. The van der Waals surface area contributed by atoms with E-state index in [0.717, 1.165) is 39.0 Å². The normalized spacial score (nSPS) is 24.9. The summed E-state index contributed by atoms with van der Waals surface area (Å²) < 4.78 is 0. The number of likely N-dealkylation sites (tertiary alicyclic amines) is 2. The van der Waals surface area contributed by atoms with Crippen molar-refractivity contribution in [2.24, 2.45) is 5.92 Å². The average molecular weight is 240 g/mol. The van der Waals surface area contributed by atoms with E-state index in [0.29, 0.717) is 0 Å². The first-order chi connectivity index (χ1) is 8.25. The molecule has 0 spiro atoms. The Morgan fingerprint density at radius 3 is 2.00 bits per heavy atom. The molecule has 0 aliphatic carbocycles. The van der Waals surface area contributed by atoms with Crippen molar-refractivity contribution in [3.05, 3.63) is 0 Å². The highest BCUT2D eigenvalue weighted by Gasteiger charge is 2.24. The number of carboxylic acids is 1. The van der Waals surface area contributed by atoms with Gasteiger partial charge in [0.05, 0.1) is 5.92 Å². The summed E-state index contributed by atoms with van der Waals surface area (Å²) in [6.45, 7) is 6.72. The van der Waals surface area contributed by atoms with Crippen LogP contribution in [0.25, 0.3) is 0 Å². The maximum atomic E-state index is 10.8. The summed E-state index contributed by atoms with van der Waals surface area (Å²) in [6, 6.07) is 0. The second-order valence-electron chi connectivity index (χ2n) is 5.36. The molecule has 2 aliphatic rings. The lowest BCUT2D eigenvalue weighted by atomic mass is 9.97. The molecule has 0 aromatic carbocycles.